The van der Waals surface area contributed by atoms with Crippen LogP contribution in [0.1, 0.15) is 0 Å². The molecule has 0 saturated carbocycles. The zero-order valence-corrected chi connectivity index (χ0v) is 14.2. The topological polar surface area (TPSA) is 189 Å². The van der Waals surface area contributed by atoms with E-state index in [0.717, 1.165) is 0 Å². The first-order chi connectivity index (χ1) is 0. The molecule has 0 bridgehead atoms. The van der Waals surface area contributed by atoms with Gasteiger partial charge in [-0.1, -0.05) is 0 Å². The van der Waals surface area contributed by atoms with E-state index in [1.165, 1.54) is 0 Å². The molecule has 0 aliphatic carbocycles. The summed E-state index contributed by atoms with van der Waals surface area (Å²) in [6.07, 6.45) is 0. The zero-order chi connectivity index (χ0) is 0. The predicted octanol–water partition coefficient (Wildman–Crippen LogP) is -4.97. The van der Waals surface area contributed by atoms with Gasteiger partial charge in [-0.2, -0.15) is 0 Å². The molecule has 15 heavy (non-hydrogen) atoms. The molecule has 0 saturated heterocycles. The van der Waals surface area contributed by atoms with E-state index in [9.17, 15) is 0 Å². The molecule has 147 valence electrons. The molecule has 0 rings (SSSR count). The largest absolute Gasteiger partial charge is 0.412 e. The van der Waals surface area contributed by atoms with Crippen LogP contribution in [0.5, 0.6) is 0 Å². The summed E-state index contributed by atoms with van der Waals surface area (Å²) in [5.74, 6) is 0. The Labute approximate surface area is 184 Å². The van der Waals surface area contributed by atoms with Crippen LogP contribution < -0.4 is 0 Å². The summed E-state index contributed by atoms with van der Waals surface area (Å²) in [6.45, 7) is 0. The summed E-state index contributed by atoms with van der Waals surface area (Å²) in [6, 6.07) is 0. The third kappa shape index (κ3) is 253. The van der Waals surface area contributed by atoms with Crippen molar-refractivity contribution < 1.29 is 186 Å². The minimum absolute atomic E-state index is 0. The van der Waals surface area contributed by atoms with Crippen molar-refractivity contribution in [3.63, 3.8) is 0 Å². The van der Waals surface area contributed by atoms with Gasteiger partial charge in [0.05, 0.1) is 0 Å². The van der Waals surface area contributed by atoms with E-state index in [1.54, 1.807) is 0 Å². The molecule has 0 heterocycles. The Balaban J connectivity index is 0. The van der Waals surface area contributed by atoms with Crippen molar-refractivity contribution in [3.05, 3.63) is 0 Å². The van der Waals surface area contributed by atoms with Gasteiger partial charge in [0.2, 0.25) is 0 Å². The third-order valence-electron chi connectivity index (χ3n) is 0. The van der Waals surface area contributed by atoms with Gasteiger partial charge in [0.1, 0.15) is 0 Å². The van der Waals surface area contributed by atoms with E-state index in [0.29, 0.717) is 0 Å². The number of hydrogen-bond donors (Lipinski definition) is 0. The predicted molar refractivity (Wildman–Crippen MR) is 21.7 cm³/mol. The Morgan fingerprint density at radius 1 is 0.133 bits per heavy atom. The molecule has 12 N–H and O–H groups in total. The average Bonchev–Trinajstić information content (AvgIpc) is 0. The van der Waals surface area contributed by atoms with Crippen molar-refractivity contribution >= 4 is 0 Å². The molecule has 0 unspecified atom stereocenters. The van der Waals surface area contributed by atoms with Gasteiger partial charge in [-0.3, -0.25) is 0 Å². The van der Waals surface area contributed by atoms with Crippen molar-refractivity contribution in [3.8, 4) is 0 Å². The maximum absolute atomic E-state index is 0. The molecule has 9 radical (unpaired) electrons. The Morgan fingerprint density at radius 3 is 0.133 bits per heavy atom. The van der Waals surface area contributed by atoms with E-state index in [2.05, 4.69) is 0 Å². The summed E-state index contributed by atoms with van der Waals surface area (Å²) in [7, 11) is 0. The van der Waals surface area contributed by atoms with Gasteiger partial charge >= 0.3 is 0 Å². The van der Waals surface area contributed by atoms with Crippen LogP contribution in [0.15, 0.2) is 0 Å². The van der Waals surface area contributed by atoms with Crippen LogP contribution in [-0.2, 0) is 154 Å². The van der Waals surface area contributed by atoms with Crippen molar-refractivity contribution in [2.24, 2.45) is 0 Å². The molecule has 0 fully saturated rings. The van der Waals surface area contributed by atoms with Crippen LogP contribution in [0.25, 0.3) is 0 Å². The van der Waals surface area contributed by atoms with Crippen LogP contribution in [-0.4, -0.2) is 32.9 Å². The van der Waals surface area contributed by atoms with Gasteiger partial charge in [0.25, 0.3) is 0 Å². The smallest absolute Gasteiger partial charge is 0 e. The maximum atomic E-state index is 0. The average molecular weight is 680 g/mol. The fourth-order valence-electron chi connectivity index (χ4n) is 0. The first-order valence-electron chi connectivity index (χ1n) is 0. The molecule has 0 spiro atoms. The molecule has 0 atom stereocenters. The summed E-state index contributed by atoms with van der Waals surface area (Å²) < 4.78 is 0. The van der Waals surface area contributed by atoms with Crippen LogP contribution in [0.2, 0.25) is 0 Å². The van der Waals surface area contributed by atoms with Crippen molar-refractivity contribution in [1.82, 2.24) is 0 Å². The van der Waals surface area contributed by atoms with Crippen LogP contribution in [0.3, 0.4) is 0 Å². The molecule has 0 aliphatic rings. The van der Waals surface area contributed by atoms with Gasteiger partial charge in [0.15, 0.2) is 0 Å². The molecule has 15 heteroatoms. The maximum Gasteiger partial charge on any atom is 0 e. The van der Waals surface area contributed by atoms with Gasteiger partial charge in [0, 0.05) is 154 Å². The summed E-state index contributed by atoms with van der Waals surface area (Å²) in [5, 5.41) is 0. The van der Waals surface area contributed by atoms with Gasteiger partial charge < -0.3 is 32.9 Å². The van der Waals surface area contributed by atoms with Crippen LogP contribution >= 0.6 is 0 Å². The zero-order valence-electron chi connectivity index (χ0n) is 5.71. The van der Waals surface area contributed by atoms with E-state index < -0.39 is 0 Å². The molecular formula is H12Cu9O6. The van der Waals surface area contributed by atoms with E-state index in [-0.39, 0.29) is 186 Å². The minimum atomic E-state index is 0. The second-order valence-electron chi connectivity index (χ2n) is 0. The SMILES string of the molecule is O.O.O.O.O.O.[Cu].[Cu].[Cu].[Cu].[Cu].[Cu].[Cu].[Cu].[Cu]. The fourth-order valence-corrected chi connectivity index (χ4v) is 0. The molecule has 0 aromatic heterocycles. The van der Waals surface area contributed by atoms with Crippen molar-refractivity contribution in [2.45, 2.75) is 0 Å². The molecule has 0 aromatic carbocycles. The quantitative estimate of drug-likeness (QED) is 0.222. The molecular weight excluding hydrogens is 668 g/mol. The number of hydrogen-bond acceptors (Lipinski definition) is 0. The second kappa shape index (κ2) is 285. The monoisotopic (exact) mass is 674 g/mol. The standard InChI is InChI=1S/9Cu.6H2O/h;;;;;;;;;6*1H2. The first kappa shape index (κ1) is 336. The van der Waals surface area contributed by atoms with Gasteiger partial charge in [-0.15, -0.1) is 0 Å². The van der Waals surface area contributed by atoms with E-state index >= 15 is 0 Å². The van der Waals surface area contributed by atoms with E-state index in [4.69, 9.17) is 0 Å². The van der Waals surface area contributed by atoms with Crippen LogP contribution in [0.4, 0.5) is 0 Å². The third-order valence-corrected chi connectivity index (χ3v) is 0. The Bertz CT molecular complexity index is 14.6. The minimum Gasteiger partial charge on any atom is -0.412 e. The summed E-state index contributed by atoms with van der Waals surface area (Å²) in [4.78, 5) is 0. The fraction of sp³-hybridized carbons (Fsp3) is 0. The van der Waals surface area contributed by atoms with Crippen molar-refractivity contribution in [1.29, 1.82) is 0 Å². The van der Waals surface area contributed by atoms with Crippen LogP contribution in [0, 0.1) is 0 Å². The molecule has 6 nitrogen and oxygen atoms in total. The Hall–Kier alpha value is 4.44. The molecule has 0 amide bonds. The Morgan fingerprint density at radius 2 is 0.133 bits per heavy atom. The van der Waals surface area contributed by atoms with Gasteiger partial charge in [-0.25, -0.2) is 0 Å². The summed E-state index contributed by atoms with van der Waals surface area (Å²) in [5.41, 5.74) is 0. The molecule has 0 aromatic rings. The van der Waals surface area contributed by atoms with Crippen molar-refractivity contribution in [2.75, 3.05) is 0 Å². The second-order valence-corrected chi connectivity index (χ2v) is 0. The van der Waals surface area contributed by atoms with Gasteiger partial charge in [-0.05, 0) is 0 Å². The number of rotatable bonds is 0. The molecule has 0 aliphatic heterocycles. The summed E-state index contributed by atoms with van der Waals surface area (Å²) >= 11 is 0. The normalized spacial score (nSPS) is 0. The van der Waals surface area contributed by atoms with E-state index in [1.807, 2.05) is 0 Å². The Kier molecular flexibility index (Phi) is 6380. The first-order valence-corrected chi connectivity index (χ1v) is 0.